The van der Waals surface area contributed by atoms with Crippen LogP contribution in [0, 0.1) is 18.3 Å². The summed E-state index contributed by atoms with van der Waals surface area (Å²) in [5, 5.41) is 14.5. The molecule has 0 spiro atoms. The van der Waals surface area contributed by atoms with Crippen molar-refractivity contribution in [1.82, 2.24) is 5.32 Å². The summed E-state index contributed by atoms with van der Waals surface area (Å²) in [6.45, 7) is 3.89. The van der Waals surface area contributed by atoms with Crippen LogP contribution in [0.1, 0.15) is 24.2 Å². The van der Waals surface area contributed by atoms with Gasteiger partial charge in [-0.2, -0.15) is 0 Å². The monoisotopic (exact) mass is 274 g/mol. The minimum Gasteiger partial charge on any atom is -0.480 e. The van der Waals surface area contributed by atoms with E-state index >= 15 is 0 Å². The molecule has 5 heteroatoms. The lowest BCUT2D eigenvalue weighted by Crippen LogP contribution is -2.44. The van der Waals surface area contributed by atoms with Crippen LogP contribution in [0.15, 0.2) is 24.3 Å². The third-order valence-corrected chi connectivity index (χ3v) is 2.76. The van der Waals surface area contributed by atoms with E-state index in [-0.39, 0.29) is 5.92 Å². The molecule has 3 N–H and O–H groups in total. The Kier molecular flexibility index (Phi) is 5.60. The highest BCUT2D eigenvalue weighted by atomic mass is 16.4. The van der Waals surface area contributed by atoms with Gasteiger partial charge in [0.25, 0.3) is 5.91 Å². The number of terminal acetylenes is 1. The van der Waals surface area contributed by atoms with E-state index < -0.39 is 17.9 Å². The molecule has 0 saturated carbocycles. The van der Waals surface area contributed by atoms with Gasteiger partial charge in [0.05, 0.1) is 6.54 Å². The highest BCUT2D eigenvalue weighted by Crippen LogP contribution is 2.10. The molecule has 1 aromatic rings. The number of rotatable bonds is 6. The number of amides is 1. The molecule has 106 valence electrons. The zero-order chi connectivity index (χ0) is 15.1. The average Bonchev–Trinajstić information content (AvgIpc) is 2.42. The Hall–Kier alpha value is -2.48. The average molecular weight is 274 g/mol. The van der Waals surface area contributed by atoms with Crippen molar-refractivity contribution in [3.05, 3.63) is 29.8 Å². The van der Waals surface area contributed by atoms with Gasteiger partial charge in [-0.3, -0.25) is 4.79 Å². The molecule has 0 aliphatic heterocycles. The molecule has 1 atom stereocenters. The first-order chi connectivity index (χ1) is 9.45. The molecule has 0 aliphatic carbocycles. The second-order valence-electron chi connectivity index (χ2n) is 4.67. The maximum Gasteiger partial charge on any atom is 0.326 e. The third kappa shape index (κ3) is 4.32. The van der Waals surface area contributed by atoms with E-state index in [4.69, 9.17) is 11.5 Å². The molecule has 0 aliphatic rings. The van der Waals surface area contributed by atoms with Crippen molar-refractivity contribution in [2.24, 2.45) is 5.92 Å². The largest absolute Gasteiger partial charge is 0.480 e. The fourth-order valence-corrected chi connectivity index (χ4v) is 1.63. The van der Waals surface area contributed by atoms with E-state index in [1.54, 1.807) is 38.1 Å². The van der Waals surface area contributed by atoms with Gasteiger partial charge >= 0.3 is 5.97 Å². The van der Waals surface area contributed by atoms with Gasteiger partial charge in [0, 0.05) is 11.3 Å². The molecule has 0 fully saturated rings. The number of carbonyl (C=O) groups is 2. The number of hydrogen-bond acceptors (Lipinski definition) is 3. The zero-order valence-corrected chi connectivity index (χ0v) is 11.5. The number of benzene rings is 1. The van der Waals surface area contributed by atoms with Crippen molar-refractivity contribution in [1.29, 1.82) is 0 Å². The summed E-state index contributed by atoms with van der Waals surface area (Å²) in [6.07, 6.45) is 5.13. The van der Waals surface area contributed by atoms with E-state index in [1.165, 1.54) is 0 Å². The molecular formula is C15H18N2O3. The van der Waals surface area contributed by atoms with E-state index in [0.717, 1.165) is 5.69 Å². The molecule has 0 radical (unpaired) electrons. The number of carboxylic acid groups (broad SMARTS) is 1. The van der Waals surface area contributed by atoms with Gasteiger partial charge in [0.15, 0.2) is 0 Å². The third-order valence-electron chi connectivity index (χ3n) is 2.76. The van der Waals surface area contributed by atoms with Crippen molar-refractivity contribution < 1.29 is 14.7 Å². The maximum absolute atomic E-state index is 12.0. The van der Waals surface area contributed by atoms with Crippen LogP contribution in [0.5, 0.6) is 0 Å². The molecule has 0 bridgehead atoms. The molecule has 1 amide bonds. The maximum atomic E-state index is 12.0. The summed E-state index contributed by atoms with van der Waals surface area (Å²) >= 11 is 0. The zero-order valence-electron chi connectivity index (χ0n) is 11.5. The molecule has 0 unspecified atom stereocenters. The Morgan fingerprint density at radius 2 is 1.90 bits per heavy atom. The van der Waals surface area contributed by atoms with E-state index in [9.17, 15) is 9.59 Å². The van der Waals surface area contributed by atoms with Crippen LogP contribution >= 0.6 is 0 Å². The smallest absolute Gasteiger partial charge is 0.326 e. The van der Waals surface area contributed by atoms with E-state index in [0.29, 0.717) is 12.1 Å². The second kappa shape index (κ2) is 7.19. The van der Waals surface area contributed by atoms with Crippen LogP contribution in [-0.4, -0.2) is 29.6 Å². The molecule has 0 heterocycles. The number of nitrogens with one attached hydrogen (secondary N) is 2. The number of carboxylic acids is 1. The van der Waals surface area contributed by atoms with Crippen LogP contribution in [0.3, 0.4) is 0 Å². The Balaban J connectivity index is 2.72. The summed E-state index contributed by atoms with van der Waals surface area (Å²) in [7, 11) is 0. The van der Waals surface area contributed by atoms with Crippen molar-refractivity contribution >= 4 is 17.6 Å². The first kappa shape index (κ1) is 15.6. The SMILES string of the molecule is C#CCNc1ccc(C(=O)N[C@H](C(=O)O)C(C)C)cc1. The summed E-state index contributed by atoms with van der Waals surface area (Å²) in [4.78, 5) is 23.0. The van der Waals surface area contributed by atoms with E-state index in [2.05, 4.69) is 16.6 Å². The normalized spacial score (nSPS) is 11.5. The topological polar surface area (TPSA) is 78.4 Å². The van der Waals surface area contributed by atoms with Crippen molar-refractivity contribution in [2.75, 3.05) is 11.9 Å². The summed E-state index contributed by atoms with van der Waals surface area (Å²) in [5.74, 6) is 0.813. The summed E-state index contributed by atoms with van der Waals surface area (Å²) in [6, 6.07) is 5.78. The van der Waals surface area contributed by atoms with Crippen molar-refractivity contribution in [3.8, 4) is 12.3 Å². The quantitative estimate of drug-likeness (QED) is 0.688. The molecule has 5 nitrogen and oxygen atoms in total. The van der Waals surface area contributed by atoms with Gasteiger partial charge in [0.2, 0.25) is 0 Å². The highest BCUT2D eigenvalue weighted by molar-refractivity contribution is 5.96. The van der Waals surface area contributed by atoms with Gasteiger partial charge in [-0.05, 0) is 30.2 Å². The molecule has 0 aromatic heterocycles. The van der Waals surface area contributed by atoms with Gasteiger partial charge in [-0.25, -0.2) is 4.79 Å². The first-order valence-electron chi connectivity index (χ1n) is 6.26. The fourth-order valence-electron chi connectivity index (χ4n) is 1.63. The van der Waals surface area contributed by atoms with E-state index in [1.807, 2.05) is 0 Å². The van der Waals surface area contributed by atoms with Gasteiger partial charge < -0.3 is 15.7 Å². The molecule has 1 rings (SSSR count). The number of carbonyl (C=O) groups excluding carboxylic acids is 1. The highest BCUT2D eigenvalue weighted by Gasteiger charge is 2.23. The van der Waals surface area contributed by atoms with Crippen LogP contribution in [0.2, 0.25) is 0 Å². The number of anilines is 1. The fraction of sp³-hybridized carbons (Fsp3) is 0.333. The Morgan fingerprint density at radius 1 is 1.30 bits per heavy atom. The standard InChI is InChI=1S/C15H18N2O3/c1-4-9-16-12-7-5-11(6-8-12)14(18)17-13(10(2)3)15(19)20/h1,5-8,10,13,16H,9H2,2-3H3,(H,17,18)(H,19,20)/t13-/m0/s1. The van der Waals surface area contributed by atoms with Gasteiger partial charge in [-0.15, -0.1) is 6.42 Å². The van der Waals surface area contributed by atoms with Crippen molar-refractivity contribution in [3.63, 3.8) is 0 Å². The first-order valence-corrected chi connectivity index (χ1v) is 6.26. The number of hydrogen-bond donors (Lipinski definition) is 3. The van der Waals surface area contributed by atoms with Crippen LogP contribution in [0.4, 0.5) is 5.69 Å². The minimum atomic E-state index is -1.04. The molecule has 0 saturated heterocycles. The number of aliphatic carboxylic acids is 1. The lowest BCUT2D eigenvalue weighted by Gasteiger charge is -2.17. The van der Waals surface area contributed by atoms with Gasteiger partial charge in [-0.1, -0.05) is 19.8 Å². The minimum absolute atomic E-state index is 0.187. The van der Waals surface area contributed by atoms with Gasteiger partial charge in [0.1, 0.15) is 6.04 Å². The lowest BCUT2D eigenvalue weighted by atomic mass is 10.0. The molecule has 1 aromatic carbocycles. The second-order valence-corrected chi connectivity index (χ2v) is 4.67. The lowest BCUT2D eigenvalue weighted by molar-refractivity contribution is -0.140. The van der Waals surface area contributed by atoms with Crippen LogP contribution in [0.25, 0.3) is 0 Å². The Bertz CT molecular complexity index is 515. The molecule has 20 heavy (non-hydrogen) atoms. The Labute approximate surface area is 118 Å². The Morgan fingerprint density at radius 3 is 2.35 bits per heavy atom. The predicted octanol–water partition coefficient (Wildman–Crippen LogP) is 1.57. The van der Waals surface area contributed by atoms with Crippen molar-refractivity contribution in [2.45, 2.75) is 19.9 Å². The molecular weight excluding hydrogens is 256 g/mol. The van der Waals surface area contributed by atoms with Crippen LogP contribution in [-0.2, 0) is 4.79 Å². The summed E-state index contributed by atoms with van der Waals surface area (Å²) < 4.78 is 0. The predicted molar refractivity (Wildman–Crippen MR) is 77.5 cm³/mol. The summed E-state index contributed by atoms with van der Waals surface area (Å²) in [5.41, 5.74) is 1.21. The van der Waals surface area contributed by atoms with Crippen LogP contribution < -0.4 is 10.6 Å².